The maximum atomic E-state index is 12.6. The highest BCUT2D eigenvalue weighted by molar-refractivity contribution is 6.03. The zero-order valence-electron chi connectivity index (χ0n) is 16.6. The van der Waals surface area contributed by atoms with Gasteiger partial charge in [-0.3, -0.25) is 9.48 Å². The van der Waals surface area contributed by atoms with Crippen molar-refractivity contribution in [2.45, 2.75) is 20.1 Å². The second-order valence-corrected chi connectivity index (χ2v) is 6.74. The normalized spacial score (nSPS) is 10.8. The smallest absolute Gasteiger partial charge is 0.278 e. The van der Waals surface area contributed by atoms with E-state index in [1.165, 1.54) is 4.80 Å². The molecule has 4 aromatic rings. The Hall–Kier alpha value is -3.78. The molecule has 0 fully saturated rings. The van der Waals surface area contributed by atoms with Gasteiger partial charge in [0.2, 0.25) is 0 Å². The van der Waals surface area contributed by atoms with E-state index >= 15 is 0 Å². The van der Waals surface area contributed by atoms with Crippen LogP contribution in [0.25, 0.3) is 5.69 Å². The third-order valence-electron chi connectivity index (χ3n) is 4.45. The molecule has 0 saturated carbocycles. The number of rotatable bonds is 8. The van der Waals surface area contributed by atoms with Crippen molar-refractivity contribution >= 4 is 11.6 Å². The first-order valence-electron chi connectivity index (χ1n) is 9.64. The quantitative estimate of drug-likeness (QED) is 0.457. The Bertz CT molecular complexity index is 1110. The van der Waals surface area contributed by atoms with E-state index in [0.717, 1.165) is 11.3 Å². The standard InChI is InChI=1S/C22H22N6O2/c1-17-21(26-28(25-17)20-10-6-3-7-11-20)22(29)24-19-14-23-27(15-19)12-13-30-16-18-8-4-2-5-9-18/h2-11,14-15H,12-13,16H2,1H3,(H,24,29). The number of hydrogen-bond acceptors (Lipinski definition) is 5. The largest absolute Gasteiger partial charge is 0.375 e. The molecule has 30 heavy (non-hydrogen) atoms. The first-order chi connectivity index (χ1) is 14.7. The van der Waals surface area contributed by atoms with Crippen LogP contribution in [-0.2, 0) is 17.9 Å². The second kappa shape index (κ2) is 9.15. The number of ether oxygens (including phenoxy) is 1. The van der Waals surface area contributed by atoms with Gasteiger partial charge >= 0.3 is 0 Å². The fourth-order valence-electron chi connectivity index (χ4n) is 2.93. The number of nitrogens with zero attached hydrogens (tertiary/aromatic N) is 5. The summed E-state index contributed by atoms with van der Waals surface area (Å²) in [6.07, 6.45) is 3.37. The van der Waals surface area contributed by atoms with Gasteiger partial charge in [-0.1, -0.05) is 48.5 Å². The third-order valence-corrected chi connectivity index (χ3v) is 4.45. The van der Waals surface area contributed by atoms with Crippen molar-refractivity contribution in [3.8, 4) is 5.69 Å². The number of aromatic nitrogens is 5. The highest BCUT2D eigenvalue weighted by Crippen LogP contribution is 2.12. The highest BCUT2D eigenvalue weighted by atomic mass is 16.5. The van der Waals surface area contributed by atoms with E-state index in [2.05, 4.69) is 20.6 Å². The molecule has 0 aliphatic rings. The number of carbonyl (C=O) groups excluding carboxylic acids is 1. The molecule has 0 bridgehead atoms. The minimum absolute atomic E-state index is 0.276. The van der Waals surface area contributed by atoms with Gasteiger partial charge < -0.3 is 10.1 Å². The Morgan fingerprint density at radius 1 is 1.03 bits per heavy atom. The van der Waals surface area contributed by atoms with Crippen LogP contribution in [0.4, 0.5) is 5.69 Å². The predicted octanol–water partition coefficient (Wildman–Crippen LogP) is 3.24. The Morgan fingerprint density at radius 2 is 1.77 bits per heavy atom. The van der Waals surface area contributed by atoms with Crippen LogP contribution >= 0.6 is 0 Å². The molecular formula is C22H22N6O2. The van der Waals surface area contributed by atoms with E-state index in [-0.39, 0.29) is 11.6 Å². The summed E-state index contributed by atoms with van der Waals surface area (Å²) in [5, 5.41) is 15.7. The minimum Gasteiger partial charge on any atom is -0.375 e. The second-order valence-electron chi connectivity index (χ2n) is 6.74. The number of nitrogens with one attached hydrogen (secondary N) is 1. The van der Waals surface area contributed by atoms with Crippen molar-refractivity contribution in [1.29, 1.82) is 0 Å². The van der Waals surface area contributed by atoms with E-state index in [9.17, 15) is 4.79 Å². The van der Waals surface area contributed by atoms with Gasteiger partial charge in [-0.15, -0.1) is 5.10 Å². The summed E-state index contributed by atoms with van der Waals surface area (Å²) in [6.45, 7) is 3.43. The highest BCUT2D eigenvalue weighted by Gasteiger charge is 2.17. The van der Waals surface area contributed by atoms with Crippen LogP contribution in [0.15, 0.2) is 73.1 Å². The van der Waals surface area contributed by atoms with E-state index in [0.29, 0.717) is 31.1 Å². The molecule has 0 atom stereocenters. The molecule has 8 heteroatoms. The van der Waals surface area contributed by atoms with Gasteiger partial charge in [-0.25, -0.2) is 0 Å². The molecule has 0 saturated heterocycles. The number of benzene rings is 2. The Labute approximate surface area is 174 Å². The molecule has 1 N–H and O–H groups in total. The van der Waals surface area contributed by atoms with Crippen LogP contribution in [0.1, 0.15) is 21.7 Å². The average Bonchev–Trinajstić information content (AvgIpc) is 3.39. The maximum absolute atomic E-state index is 12.6. The lowest BCUT2D eigenvalue weighted by atomic mass is 10.2. The summed E-state index contributed by atoms with van der Waals surface area (Å²) < 4.78 is 7.41. The SMILES string of the molecule is Cc1nn(-c2ccccc2)nc1C(=O)Nc1cnn(CCOCc2ccccc2)c1. The lowest BCUT2D eigenvalue weighted by Gasteiger charge is -2.04. The zero-order valence-corrected chi connectivity index (χ0v) is 16.6. The van der Waals surface area contributed by atoms with Crippen molar-refractivity contribution in [2.75, 3.05) is 11.9 Å². The summed E-state index contributed by atoms with van der Waals surface area (Å²) in [5.74, 6) is -0.324. The Morgan fingerprint density at radius 3 is 2.53 bits per heavy atom. The molecule has 0 unspecified atom stereocenters. The Kier molecular flexibility index (Phi) is 5.95. The lowest BCUT2D eigenvalue weighted by Crippen LogP contribution is -2.14. The molecule has 8 nitrogen and oxygen atoms in total. The van der Waals surface area contributed by atoms with Gasteiger partial charge in [0.25, 0.3) is 5.91 Å². The summed E-state index contributed by atoms with van der Waals surface area (Å²) in [4.78, 5) is 14.1. The summed E-state index contributed by atoms with van der Waals surface area (Å²) in [7, 11) is 0. The van der Waals surface area contributed by atoms with Gasteiger partial charge in [-0.05, 0) is 24.6 Å². The molecule has 0 radical (unpaired) electrons. The monoisotopic (exact) mass is 402 g/mol. The van der Waals surface area contributed by atoms with Crippen molar-refractivity contribution in [2.24, 2.45) is 0 Å². The molecule has 0 aliphatic carbocycles. The number of para-hydroxylation sites is 1. The first-order valence-corrected chi connectivity index (χ1v) is 9.64. The third kappa shape index (κ3) is 4.79. The van der Waals surface area contributed by atoms with Crippen molar-refractivity contribution in [3.05, 3.63) is 90.0 Å². The van der Waals surface area contributed by atoms with Crippen molar-refractivity contribution in [1.82, 2.24) is 24.8 Å². The van der Waals surface area contributed by atoms with E-state index in [4.69, 9.17) is 4.74 Å². The molecule has 2 aromatic carbocycles. The zero-order chi connectivity index (χ0) is 20.8. The van der Waals surface area contributed by atoms with Crippen LogP contribution in [-0.4, -0.2) is 37.3 Å². The van der Waals surface area contributed by atoms with Crippen molar-refractivity contribution < 1.29 is 9.53 Å². The molecule has 0 spiro atoms. The molecule has 2 heterocycles. The Balaban J connectivity index is 1.31. The number of carbonyl (C=O) groups is 1. The minimum atomic E-state index is -0.324. The van der Waals surface area contributed by atoms with Gasteiger partial charge in [0, 0.05) is 6.20 Å². The van der Waals surface area contributed by atoms with E-state index < -0.39 is 0 Å². The molecule has 2 aromatic heterocycles. The molecule has 4 rings (SSSR count). The van der Waals surface area contributed by atoms with Crippen molar-refractivity contribution in [3.63, 3.8) is 0 Å². The van der Waals surface area contributed by atoms with Gasteiger partial charge in [0.15, 0.2) is 5.69 Å². The summed E-state index contributed by atoms with van der Waals surface area (Å²) in [5.41, 5.74) is 3.35. The van der Waals surface area contributed by atoms with Gasteiger partial charge in [0.05, 0.1) is 43.0 Å². The number of amides is 1. The first kappa shape index (κ1) is 19.5. The number of hydrogen-bond donors (Lipinski definition) is 1. The van der Waals surface area contributed by atoms with Gasteiger partial charge in [-0.2, -0.15) is 15.0 Å². The predicted molar refractivity (Wildman–Crippen MR) is 112 cm³/mol. The van der Waals surface area contributed by atoms with Crippen LogP contribution in [0, 0.1) is 6.92 Å². The lowest BCUT2D eigenvalue weighted by molar-refractivity contribution is 0.102. The van der Waals surface area contributed by atoms with Crippen LogP contribution in [0.5, 0.6) is 0 Å². The molecule has 0 aliphatic heterocycles. The fraction of sp³-hybridized carbons (Fsp3) is 0.182. The molecular weight excluding hydrogens is 380 g/mol. The van der Waals surface area contributed by atoms with Crippen LogP contribution in [0.3, 0.4) is 0 Å². The maximum Gasteiger partial charge on any atom is 0.278 e. The molecule has 152 valence electrons. The topological polar surface area (TPSA) is 86.9 Å². The summed E-state index contributed by atoms with van der Waals surface area (Å²) >= 11 is 0. The van der Waals surface area contributed by atoms with Gasteiger partial charge in [0.1, 0.15) is 0 Å². The summed E-state index contributed by atoms with van der Waals surface area (Å²) in [6, 6.07) is 19.5. The number of aryl methyl sites for hydroxylation is 1. The van der Waals surface area contributed by atoms with E-state index in [1.54, 1.807) is 24.0 Å². The van der Waals surface area contributed by atoms with Crippen LogP contribution in [0.2, 0.25) is 0 Å². The van der Waals surface area contributed by atoms with Crippen LogP contribution < -0.4 is 5.32 Å². The fourth-order valence-corrected chi connectivity index (χ4v) is 2.93. The average molecular weight is 402 g/mol. The number of anilines is 1. The molecule has 1 amide bonds. The van der Waals surface area contributed by atoms with E-state index in [1.807, 2.05) is 60.7 Å².